The quantitative estimate of drug-likeness (QED) is 0.612. The van der Waals surface area contributed by atoms with E-state index in [2.05, 4.69) is 15.1 Å². The second-order valence-corrected chi connectivity index (χ2v) is 8.35. The summed E-state index contributed by atoms with van der Waals surface area (Å²) in [6.45, 7) is 2.58. The minimum Gasteiger partial charge on any atom is -0.383 e. The molecule has 0 unspecified atom stereocenters. The summed E-state index contributed by atoms with van der Waals surface area (Å²) in [6.07, 6.45) is 3.56. The first-order valence-corrected chi connectivity index (χ1v) is 10.3. The third-order valence-corrected chi connectivity index (χ3v) is 5.85. The van der Waals surface area contributed by atoms with Crippen molar-refractivity contribution in [2.75, 3.05) is 61.0 Å². The number of rotatable bonds is 8. The molecule has 1 saturated carbocycles. The van der Waals surface area contributed by atoms with Gasteiger partial charge in [0.15, 0.2) is 0 Å². The van der Waals surface area contributed by atoms with Gasteiger partial charge in [-0.25, -0.2) is 4.79 Å². The van der Waals surface area contributed by atoms with E-state index in [9.17, 15) is 14.4 Å². The molecule has 0 radical (unpaired) electrons. The molecule has 1 aliphatic carbocycles. The Morgan fingerprint density at radius 1 is 1.29 bits per heavy atom. The predicted octanol–water partition coefficient (Wildman–Crippen LogP) is 0.812. The van der Waals surface area contributed by atoms with Gasteiger partial charge in [0.25, 0.3) is 0 Å². The molecular formula is C20H36N4O4. The van der Waals surface area contributed by atoms with E-state index in [1.165, 1.54) is 4.90 Å². The lowest BCUT2D eigenvalue weighted by molar-refractivity contribution is -0.138. The van der Waals surface area contributed by atoms with E-state index in [1.54, 1.807) is 7.11 Å². The summed E-state index contributed by atoms with van der Waals surface area (Å²) in [5.41, 5.74) is 0. The maximum absolute atomic E-state index is 13.2. The van der Waals surface area contributed by atoms with Gasteiger partial charge in [-0.3, -0.25) is 14.5 Å². The number of carbonyl (C=O) groups is 3. The number of Topliss-reactive ketones (excluding diaryl/α,β-unsaturated/α-hetero) is 1. The van der Waals surface area contributed by atoms with Crippen LogP contribution in [0, 0.1) is 11.8 Å². The summed E-state index contributed by atoms with van der Waals surface area (Å²) < 4.78 is 5.10. The fourth-order valence-corrected chi connectivity index (χ4v) is 4.40. The van der Waals surface area contributed by atoms with E-state index in [0.717, 1.165) is 19.4 Å². The Morgan fingerprint density at radius 3 is 2.71 bits per heavy atom. The lowest BCUT2D eigenvalue weighted by atomic mass is 9.74. The van der Waals surface area contributed by atoms with E-state index in [0.29, 0.717) is 45.0 Å². The fraction of sp³-hybridized carbons (Fsp3) is 0.850. The van der Waals surface area contributed by atoms with Gasteiger partial charge < -0.3 is 19.9 Å². The fourth-order valence-electron chi connectivity index (χ4n) is 4.40. The second-order valence-electron chi connectivity index (χ2n) is 8.35. The zero-order valence-electron chi connectivity index (χ0n) is 17.8. The lowest BCUT2D eigenvalue weighted by Crippen LogP contribution is -2.55. The number of piperidine rings is 1. The van der Waals surface area contributed by atoms with Crippen molar-refractivity contribution in [1.29, 1.82) is 0 Å². The molecule has 28 heavy (non-hydrogen) atoms. The highest BCUT2D eigenvalue weighted by molar-refractivity contribution is 5.95. The van der Waals surface area contributed by atoms with Crippen LogP contribution in [-0.4, -0.2) is 99.5 Å². The molecule has 2 aliphatic rings. The van der Waals surface area contributed by atoms with Crippen LogP contribution in [0.15, 0.2) is 0 Å². The van der Waals surface area contributed by atoms with Gasteiger partial charge in [0.2, 0.25) is 5.91 Å². The van der Waals surface area contributed by atoms with Crippen LogP contribution >= 0.6 is 0 Å². The van der Waals surface area contributed by atoms with Gasteiger partial charge >= 0.3 is 6.03 Å². The van der Waals surface area contributed by atoms with Crippen molar-refractivity contribution in [3.63, 3.8) is 0 Å². The SMILES string of the molecule is COCCN(C(=O)NCCCN(C)C)C(=O)[C@@H]1C[C@@H]2CC(=O)CC[C@H]2N(C)C1. The number of carbonyl (C=O) groups excluding carboxylic acids is 3. The molecule has 3 amide bonds. The molecule has 0 spiro atoms. The zero-order valence-corrected chi connectivity index (χ0v) is 17.8. The molecule has 8 nitrogen and oxygen atoms in total. The van der Waals surface area contributed by atoms with Crippen LogP contribution in [-0.2, 0) is 14.3 Å². The molecule has 3 atom stereocenters. The number of hydrogen-bond donors (Lipinski definition) is 1. The van der Waals surface area contributed by atoms with Crippen LogP contribution in [0.4, 0.5) is 4.79 Å². The predicted molar refractivity (Wildman–Crippen MR) is 107 cm³/mol. The number of urea groups is 1. The molecule has 1 aliphatic heterocycles. The van der Waals surface area contributed by atoms with Crippen LogP contribution in [0.25, 0.3) is 0 Å². The van der Waals surface area contributed by atoms with Gasteiger partial charge in [0, 0.05) is 39.1 Å². The monoisotopic (exact) mass is 396 g/mol. The number of hydrogen-bond acceptors (Lipinski definition) is 6. The topological polar surface area (TPSA) is 82.2 Å². The van der Waals surface area contributed by atoms with Gasteiger partial charge in [-0.05, 0) is 52.9 Å². The Morgan fingerprint density at radius 2 is 2.04 bits per heavy atom. The summed E-state index contributed by atoms with van der Waals surface area (Å²) in [5.74, 6) is 0.0750. The maximum Gasteiger partial charge on any atom is 0.324 e. The highest BCUT2D eigenvalue weighted by Gasteiger charge is 2.42. The number of ether oxygens (including phenoxy) is 1. The van der Waals surface area contributed by atoms with Crippen molar-refractivity contribution in [2.45, 2.75) is 38.1 Å². The van der Waals surface area contributed by atoms with E-state index in [-0.39, 0.29) is 36.1 Å². The average Bonchev–Trinajstić information content (AvgIpc) is 2.64. The number of amides is 3. The number of methoxy groups -OCH3 is 1. The number of nitrogens with zero attached hydrogens (tertiary/aromatic N) is 3. The van der Waals surface area contributed by atoms with E-state index in [4.69, 9.17) is 4.74 Å². The first-order valence-electron chi connectivity index (χ1n) is 10.3. The van der Waals surface area contributed by atoms with Gasteiger partial charge in [-0.15, -0.1) is 0 Å². The molecule has 0 aromatic heterocycles. The van der Waals surface area contributed by atoms with Crippen molar-refractivity contribution >= 4 is 17.7 Å². The second kappa shape index (κ2) is 10.9. The zero-order chi connectivity index (χ0) is 20.7. The molecule has 2 fully saturated rings. The van der Waals surface area contributed by atoms with Crippen molar-refractivity contribution < 1.29 is 19.1 Å². The molecule has 8 heteroatoms. The van der Waals surface area contributed by atoms with Crippen molar-refractivity contribution in [3.05, 3.63) is 0 Å². The minimum atomic E-state index is -0.356. The molecule has 2 rings (SSSR count). The number of imide groups is 1. The Kier molecular flexibility index (Phi) is 8.85. The summed E-state index contributed by atoms with van der Waals surface area (Å²) in [7, 11) is 7.55. The van der Waals surface area contributed by atoms with Crippen molar-refractivity contribution in [2.24, 2.45) is 11.8 Å². The van der Waals surface area contributed by atoms with Crippen LogP contribution < -0.4 is 5.32 Å². The highest BCUT2D eigenvalue weighted by atomic mass is 16.5. The standard InChI is InChI=1S/C20H36N4O4/c1-22(2)9-5-8-21-20(27)24(10-11-28-4)19(26)16-12-15-13-17(25)6-7-18(15)23(3)14-16/h15-16,18H,5-14H2,1-4H3,(H,21,27)/t15-,16-,18-/m1/s1. The number of fused-ring (bicyclic) bond motifs is 1. The smallest absolute Gasteiger partial charge is 0.324 e. The van der Waals surface area contributed by atoms with Crippen molar-refractivity contribution in [3.8, 4) is 0 Å². The number of ketones is 1. The molecule has 0 bridgehead atoms. The molecule has 0 aromatic carbocycles. The van der Waals surface area contributed by atoms with Gasteiger partial charge in [0.1, 0.15) is 5.78 Å². The third kappa shape index (κ3) is 6.25. The van der Waals surface area contributed by atoms with E-state index in [1.807, 2.05) is 21.1 Å². The summed E-state index contributed by atoms with van der Waals surface area (Å²) in [4.78, 5) is 43.3. The number of likely N-dealkylation sites (tertiary alicyclic amines) is 1. The minimum absolute atomic E-state index is 0.162. The average molecular weight is 397 g/mol. The normalized spacial score (nSPS) is 25.5. The Hall–Kier alpha value is -1.51. The van der Waals surface area contributed by atoms with E-state index < -0.39 is 0 Å². The Balaban J connectivity index is 1.98. The largest absolute Gasteiger partial charge is 0.383 e. The third-order valence-electron chi connectivity index (χ3n) is 5.85. The van der Waals surface area contributed by atoms with Gasteiger partial charge in [-0.1, -0.05) is 0 Å². The first-order chi connectivity index (χ1) is 13.3. The summed E-state index contributed by atoms with van der Waals surface area (Å²) in [6, 6.07) is 0.0133. The molecule has 1 heterocycles. The molecule has 1 saturated heterocycles. The molecule has 0 aromatic rings. The van der Waals surface area contributed by atoms with Crippen molar-refractivity contribution in [1.82, 2.24) is 20.0 Å². The van der Waals surface area contributed by atoms with Crippen LogP contribution in [0.1, 0.15) is 32.1 Å². The Labute approximate surface area is 168 Å². The molecular weight excluding hydrogens is 360 g/mol. The van der Waals surface area contributed by atoms with E-state index >= 15 is 0 Å². The summed E-state index contributed by atoms with van der Waals surface area (Å²) in [5, 5.41) is 2.86. The Bertz CT molecular complexity index is 554. The van der Waals surface area contributed by atoms with Crippen LogP contribution in [0.2, 0.25) is 0 Å². The first kappa shape index (κ1) is 22.8. The molecule has 160 valence electrons. The maximum atomic E-state index is 13.2. The lowest BCUT2D eigenvalue weighted by Gasteiger charge is -2.45. The molecule has 1 N–H and O–H groups in total. The van der Waals surface area contributed by atoms with Crippen LogP contribution in [0.5, 0.6) is 0 Å². The van der Waals surface area contributed by atoms with Gasteiger partial charge in [0.05, 0.1) is 19.1 Å². The van der Waals surface area contributed by atoms with Crippen LogP contribution in [0.3, 0.4) is 0 Å². The highest BCUT2D eigenvalue weighted by Crippen LogP contribution is 2.36. The number of nitrogens with one attached hydrogen (secondary N) is 1. The van der Waals surface area contributed by atoms with Gasteiger partial charge in [-0.2, -0.15) is 0 Å². The summed E-state index contributed by atoms with van der Waals surface area (Å²) >= 11 is 0.